The number of nitrogens with zero attached hydrogens (tertiary/aromatic N) is 2. The molecule has 4 nitrogen and oxygen atoms in total. The quantitative estimate of drug-likeness (QED) is 0.795. The highest BCUT2D eigenvalue weighted by atomic mass is 16.3. The molecule has 0 radical (unpaired) electrons. The van der Waals surface area contributed by atoms with Crippen LogP contribution in [0.2, 0.25) is 0 Å². The first-order valence-electron chi connectivity index (χ1n) is 7.80. The fraction of sp³-hybridized carbons (Fsp3) is 1.00. The molecule has 0 spiro atoms. The first-order chi connectivity index (χ1) is 9.10. The second-order valence-corrected chi connectivity index (χ2v) is 6.66. The second kappa shape index (κ2) is 6.53. The number of aliphatic hydroxyl groups excluding tert-OH is 1. The summed E-state index contributed by atoms with van der Waals surface area (Å²) in [6, 6.07) is 1.31. The lowest BCUT2D eigenvalue weighted by Gasteiger charge is -2.46. The molecule has 19 heavy (non-hydrogen) atoms. The maximum absolute atomic E-state index is 9.70. The van der Waals surface area contributed by atoms with Crippen molar-refractivity contribution < 1.29 is 5.11 Å². The number of hydrogen-bond donors (Lipinski definition) is 2. The SMILES string of the molecule is CNC1(CO)CCCC(N(C)C2CCCN(C)C2)C1. The number of rotatable bonds is 4. The Morgan fingerprint density at radius 1 is 1.32 bits per heavy atom. The first-order valence-corrected chi connectivity index (χ1v) is 7.80. The van der Waals surface area contributed by atoms with Gasteiger partial charge in [0, 0.05) is 24.2 Å². The fourth-order valence-corrected chi connectivity index (χ4v) is 3.90. The summed E-state index contributed by atoms with van der Waals surface area (Å²) < 4.78 is 0. The summed E-state index contributed by atoms with van der Waals surface area (Å²) in [6.45, 7) is 2.70. The first kappa shape index (κ1) is 15.2. The van der Waals surface area contributed by atoms with Gasteiger partial charge < -0.3 is 15.3 Å². The molecule has 2 rings (SSSR count). The Morgan fingerprint density at radius 3 is 2.68 bits per heavy atom. The molecule has 0 bridgehead atoms. The predicted octanol–water partition coefficient (Wildman–Crippen LogP) is 0.905. The van der Waals surface area contributed by atoms with Gasteiger partial charge in [-0.2, -0.15) is 0 Å². The van der Waals surface area contributed by atoms with Crippen molar-refractivity contribution in [3.05, 3.63) is 0 Å². The van der Waals surface area contributed by atoms with Gasteiger partial charge in [-0.05, 0) is 66.2 Å². The van der Waals surface area contributed by atoms with Crippen LogP contribution in [0.5, 0.6) is 0 Å². The number of likely N-dealkylation sites (N-methyl/N-ethyl adjacent to an activating group) is 3. The Kier molecular flexibility index (Phi) is 5.23. The predicted molar refractivity (Wildman–Crippen MR) is 79.4 cm³/mol. The lowest BCUT2D eigenvalue weighted by Crippen LogP contribution is -2.57. The minimum atomic E-state index is -0.0439. The summed E-state index contributed by atoms with van der Waals surface area (Å²) in [5.41, 5.74) is -0.0439. The molecule has 0 aromatic heterocycles. The highest BCUT2D eigenvalue weighted by Crippen LogP contribution is 2.32. The van der Waals surface area contributed by atoms with Gasteiger partial charge in [-0.3, -0.25) is 4.90 Å². The molecule has 3 unspecified atom stereocenters. The zero-order chi connectivity index (χ0) is 13.9. The summed E-state index contributed by atoms with van der Waals surface area (Å²) in [7, 11) is 6.51. The zero-order valence-corrected chi connectivity index (χ0v) is 12.9. The van der Waals surface area contributed by atoms with Crippen LogP contribution in [0, 0.1) is 0 Å². The van der Waals surface area contributed by atoms with Crippen LogP contribution in [0.3, 0.4) is 0 Å². The maximum atomic E-state index is 9.70. The largest absolute Gasteiger partial charge is 0.394 e. The Labute approximate surface area is 118 Å². The third-order valence-electron chi connectivity index (χ3n) is 5.40. The molecule has 1 aliphatic carbocycles. The van der Waals surface area contributed by atoms with Crippen LogP contribution in [-0.2, 0) is 0 Å². The Bertz CT molecular complexity index is 281. The van der Waals surface area contributed by atoms with E-state index in [9.17, 15) is 5.11 Å². The maximum Gasteiger partial charge on any atom is 0.0613 e. The highest BCUT2D eigenvalue weighted by Gasteiger charge is 2.37. The van der Waals surface area contributed by atoms with Crippen molar-refractivity contribution >= 4 is 0 Å². The number of nitrogens with one attached hydrogen (secondary N) is 1. The Balaban J connectivity index is 1.96. The number of aliphatic hydroxyl groups is 1. The molecule has 2 aliphatic rings. The van der Waals surface area contributed by atoms with E-state index in [1.165, 1.54) is 38.8 Å². The lowest BCUT2D eigenvalue weighted by atomic mass is 9.78. The van der Waals surface area contributed by atoms with Crippen LogP contribution >= 0.6 is 0 Å². The molecule has 0 aromatic carbocycles. The van der Waals surface area contributed by atoms with Crippen LogP contribution in [0.15, 0.2) is 0 Å². The van der Waals surface area contributed by atoms with Crippen molar-refractivity contribution in [3.63, 3.8) is 0 Å². The Morgan fingerprint density at radius 2 is 2.05 bits per heavy atom. The molecule has 1 heterocycles. The van der Waals surface area contributed by atoms with Crippen molar-refractivity contribution in [2.45, 2.75) is 56.1 Å². The molecule has 1 saturated heterocycles. The van der Waals surface area contributed by atoms with Gasteiger partial charge in [0.2, 0.25) is 0 Å². The van der Waals surface area contributed by atoms with E-state index in [1.807, 2.05) is 7.05 Å². The van der Waals surface area contributed by atoms with E-state index >= 15 is 0 Å². The molecule has 0 aromatic rings. The fourth-order valence-electron chi connectivity index (χ4n) is 3.90. The van der Waals surface area contributed by atoms with Crippen molar-refractivity contribution in [2.24, 2.45) is 0 Å². The molecule has 0 amide bonds. The normalized spacial score (nSPS) is 37.7. The van der Waals surface area contributed by atoms with E-state index in [1.54, 1.807) is 0 Å². The molecular formula is C15H31N3O. The molecular weight excluding hydrogens is 238 g/mol. The summed E-state index contributed by atoms with van der Waals surface area (Å²) in [6.07, 6.45) is 7.32. The van der Waals surface area contributed by atoms with E-state index in [2.05, 4.69) is 29.2 Å². The average molecular weight is 269 g/mol. The standard InChI is InChI=1S/C15H31N3O/c1-16-15(12-19)8-4-6-13(10-15)18(3)14-7-5-9-17(2)11-14/h13-14,16,19H,4-12H2,1-3H3. The van der Waals surface area contributed by atoms with Crippen LogP contribution in [0.1, 0.15) is 38.5 Å². The van der Waals surface area contributed by atoms with Gasteiger partial charge >= 0.3 is 0 Å². The number of hydrogen-bond acceptors (Lipinski definition) is 4. The monoisotopic (exact) mass is 269 g/mol. The Hall–Kier alpha value is -0.160. The van der Waals surface area contributed by atoms with Gasteiger partial charge in [0.1, 0.15) is 0 Å². The van der Waals surface area contributed by atoms with Gasteiger partial charge in [-0.15, -0.1) is 0 Å². The molecule has 3 atom stereocenters. The summed E-state index contributed by atoms with van der Waals surface area (Å²) in [5, 5.41) is 13.1. The van der Waals surface area contributed by atoms with E-state index in [-0.39, 0.29) is 12.1 Å². The van der Waals surface area contributed by atoms with E-state index in [4.69, 9.17) is 0 Å². The van der Waals surface area contributed by atoms with Crippen molar-refractivity contribution in [1.82, 2.24) is 15.1 Å². The number of piperidine rings is 1. The van der Waals surface area contributed by atoms with Gasteiger partial charge in [0.25, 0.3) is 0 Å². The van der Waals surface area contributed by atoms with E-state index in [0.29, 0.717) is 12.1 Å². The molecule has 4 heteroatoms. The van der Waals surface area contributed by atoms with E-state index < -0.39 is 0 Å². The van der Waals surface area contributed by atoms with Gasteiger partial charge in [0.15, 0.2) is 0 Å². The molecule has 2 fully saturated rings. The van der Waals surface area contributed by atoms with Gasteiger partial charge in [0.05, 0.1) is 6.61 Å². The number of likely N-dealkylation sites (tertiary alicyclic amines) is 1. The topological polar surface area (TPSA) is 38.7 Å². The summed E-state index contributed by atoms with van der Waals surface area (Å²) in [4.78, 5) is 5.04. The van der Waals surface area contributed by atoms with Crippen molar-refractivity contribution in [3.8, 4) is 0 Å². The molecule has 112 valence electrons. The zero-order valence-electron chi connectivity index (χ0n) is 12.9. The molecule has 1 aliphatic heterocycles. The summed E-state index contributed by atoms with van der Waals surface area (Å²) in [5.74, 6) is 0. The van der Waals surface area contributed by atoms with Crippen LogP contribution in [0.4, 0.5) is 0 Å². The van der Waals surface area contributed by atoms with Crippen molar-refractivity contribution in [1.29, 1.82) is 0 Å². The van der Waals surface area contributed by atoms with Crippen LogP contribution in [0.25, 0.3) is 0 Å². The minimum absolute atomic E-state index is 0.0439. The van der Waals surface area contributed by atoms with Gasteiger partial charge in [-0.1, -0.05) is 0 Å². The van der Waals surface area contributed by atoms with Crippen LogP contribution in [-0.4, -0.2) is 73.4 Å². The lowest BCUT2D eigenvalue weighted by molar-refractivity contribution is 0.0365. The molecule has 1 saturated carbocycles. The third kappa shape index (κ3) is 3.48. The van der Waals surface area contributed by atoms with E-state index in [0.717, 1.165) is 12.8 Å². The van der Waals surface area contributed by atoms with Gasteiger partial charge in [-0.25, -0.2) is 0 Å². The average Bonchev–Trinajstić information content (AvgIpc) is 2.46. The second-order valence-electron chi connectivity index (χ2n) is 6.66. The smallest absolute Gasteiger partial charge is 0.0613 e. The highest BCUT2D eigenvalue weighted by molar-refractivity contribution is 4.96. The minimum Gasteiger partial charge on any atom is -0.394 e. The third-order valence-corrected chi connectivity index (χ3v) is 5.40. The van der Waals surface area contributed by atoms with Crippen molar-refractivity contribution in [2.75, 3.05) is 40.8 Å². The molecule has 2 N–H and O–H groups in total. The summed E-state index contributed by atoms with van der Waals surface area (Å²) >= 11 is 0. The van der Waals surface area contributed by atoms with Crippen LogP contribution < -0.4 is 5.32 Å².